The van der Waals surface area contributed by atoms with Crippen molar-refractivity contribution in [1.29, 1.82) is 0 Å². The van der Waals surface area contributed by atoms with E-state index in [1.54, 1.807) is 0 Å². The van der Waals surface area contributed by atoms with Crippen molar-refractivity contribution in [2.45, 2.75) is 44.6 Å². The van der Waals surface area contributed by atoms with Crippen LogP contribution in [0.1, 0.15) is 44.2 Å². The Morgan fingerprint density at radius 1 is 1.00 bits per heavy atom. The Kier molecular flexibility index (Phi) is 6.96. The van der Waals surface area contributed by atoms with E-state index in [-0.39, 0.29) is 5.91 Å². The summed E-state index contributed by atoms with van der Waals surface area (Å²) < 4.78 is 4.88. The third-order valence-corrected chi connectivity index (χ3v) is 4.79. The van der Waals surface area contributed by atoms with E-state index in [1.807, 2.05) is 74.5 Å². The summed E-state index contributed by atoms with van der Waals surface area (Å²) in [7, 11) is 1.35. The van der Waals surface area contributed by atoms with Gasteiger partial charge in [-0.3, -0.25) is 4.79 Å². The first-order valence-electron chi connectivity index (χ1n) is 9.03. The van der Waals surface area contributed by atoms with Crippen LogP contribution in [0.4, 0.5) is 0 Å². The smallest absolute Gasteiger partial charge is 0.328 e. The van der Waals surface area contributed by atoms with Gasteiger partial charge in [0.2, 0.25) is 5.91 Å². The number of unbranched alkanes of at least 4 members (excludes halogenated alkanes) is 1. The van der Waals surface area contributed by atoms with Gasteiger partial charge in [-0.05, 0) is 24.5 Å². The number of hydrogen-bond donors (Lipinski definition) is 1. The molecule has 0 fully saturated rings. The maximum atomic E-state index is 13.3. The maximum Gasteiger partial charge on any atom is 0.328 e. The number of benzene rings is 2. The van der Waals surface area contributed by atoms with Crippen molar-refractivity contribution in [3.8, 4) is 0 Å². The van der Waals surface area contributed by atoms with E-state index in [1.165, 1.54) is 7.11 Å². The van der Waals surface area contributed by atoms with Crippen LogP contribution < -0.4 is 5.32 Å². The number of rotatable bonds is 8. The Morgan fingerprint density at radius 2 is 1.50 bits per heavy atom. The van der Waals surface area contributed by atoms with E-state index in [0.29, 0.717) is 6.42 Å². The number of carbonyl (C=O) groups is 2. The lowest BCUT2D eigenvalue weighted by atomic mass is 9.75. The van der Waals surface area contributed by atoms with Crippen molar-refractivity contribution in [2.75, 3.05) is 7.11 Å². The molecule has 0 aromatic heterocycles. The summed E-state index contributed by atoms with van der Waals surface area (Å²) in [6, 6.07) is 18.6. The lowest BCUT2D eigenvalue weighted by molar-refractivity contribution is -0.145. The minimum atomic E-state index is -0.902. The highest BCUT2D eigenvalue weighted by Crippen LogP contribution is 2.32. The van der Waals surface area contributed by atoms with Crippen LogP contribution >= 0.6 is 0 Å². The zero-order valence-corrected chi connectivity index (χ0v) is 15.7. The molecule has 26 heavy (non-hydrogen) atoms. The van der Waals surface area contributed by atoms with Crippen molar-refractivity contribution in [3.63, 3.8) is 0 Å². The molecule has 0 saturated carbocycles. The molecule has 0 aliphatic rings. The Bertz CT molecular complexity index is 673. The van der Waals surface area contributed by atoms with Crippen LogP contribution in [0.15, 0.2) is 60.7 Å². The zero-order chi connectivity index (χ0) is 19.0. The fourth-order valence-electron chi connectivity index (χ4n) is 3.07. The average Bonchev–Trinajstić information content (AvgIpc) is 2.70. The monoisotopic (exact) mass is 353 g/mol. The quantitative estimate of drug-likeness (QED) is 0.734. The normalized spacial score (nSPS) is 12.3. The summed E-state index contributed by atoms with van der Waals surface area (Å²) in [5, 5.41) is 2.93. The third-order valence-electron chi connectivity index (χ3n) is 4.79. The first kappa shape index (κ1) is 19.7. The molecule has 0 bridgehead atoms. The number of hydrogen-bond acceptors (Lipinski definition) is 3. The molecule has 1 N–H and O–H groups in total. The highest BCUT2D eigenvalue weighted by molar-refractivity contribution is 5.94. The van der Waals surface area contributed by atoms with Gasteiger partial charge < -0.3 is 10.1 Å². The molecular formula is C22H27NO3. The van der Waals surface area contributed by atoms with E-state index in [2.05, 4.69) is 5.32 Å². The molecule has 2 aromatic carbocycles. The second-order valence-electron chi connectivity index (χ2n) is 6.55. The molecule has 0 aliphatic carbocycles. The van der Waals surface area contributed by atoms with E-state index in [9.17, 15) is 9.59 Å². The summed E-state index contributed by atoms with van der Waals surface area (Å²) in [6.45, 7) is 3.94. The molecule has 1 atom stereocenters. The third kappa shape index (κ3) is 4.31. The fourth-order valence-corrected chi connectivity index (χ4v) is 3.07. The number of amides is 1. The van der Waals surface area contributed by atoms with Gasteiger partial charge in [0.1, 0.15) is 6.04 Å². The second-order valence-corrected chi connectivity index (χ2v) is 6.55. The van der Waals surface area contributed by atoms with Gasteiger partial charge in [-0.2, -0.15) is 0 Å². The molecule has 0 radical (unpaired) electrons. The first-order valence-corrected chi connectivity index (χ1v) is 9.03. The minimum Gasteiger partial charge on any atom is -0.467 e. The van der Waals surface area contributed by atoms with Crippen LogP contribution in [0, 0.1) is 0 Å². The zero-order valence-electron chi connectivity index (χ0n) is 15.7. The summed E-state index contributed by atoms with van der Waals surface area (Å²) in [6.07, 6.45) is 2.35. The van der Waals surface area contributed by atoms with Crippen LogP contribution in [0.2, 0.25) is 0 Å². The molecule has 138 valence electrons. The van der Waals surface area contributed by atoms with Gasteiger partial charge in [-0.25, -0.2) is 4.79 Å². The molecular weight excluding hydrogens is 326 g/mol. The Labute approximate surface area is 155 Å². The Morgan fingerprint density at radius 3 is 1.92 bits per heavy atom. The predicted molar refractivity (Wildman–Crippen MR) is 103 cm³/mol. The van der Waals surface area contributed by atoms with E-state index in [4.69, 9.17) is 4.74 Å². The molecule has 1 amide bonds. The minimum absolute atomic E-state index is 0.207. The standard InChI is InChI=1S/C22H27NO3/c1-4-5-16-19(20(24)26-3)23-21(25)22(2,17-12-8-6-9-13-17)18-14-10-7-11-15-18/h6-15,19H,4-5,16H2,1-3H3,(H,23,25)/t19-/m1/s1. The molecule has 2 aromatic rings. The molecule has 2 rings (SSSR count). The van der Waals surface area contributed by atoms with Crippen LogP contribution in [0.3, 0.4) is 0 Å². The predicted octanol–water partition coefficient (Wildman–Crippen LogP) is 3.84. The number of esters is 1. The topological polar surface area (TPSA) is 55.4 Å². The highest BCUT2D eigenvalue weighted by atomic mass is 16.5. The van der Waals surface area contributed by atoms with Gasteiger partial charge in [-0.1, -0.05) is 80.4 Å². The van der Waals surface area contributed by atoms with Crippen LogP contribution in [0.5, 0.6) is 0 Å². The highest BCUT2D eigenvalue weighted by Gasteiger charge is 2.38. The van der Waals surface area contributed by atoms with Gasteiger partial charge in [0.15, 0.2) is 0 Å². The lowest BCUT2D eigenvalue weighted by Gasteiger charge is -2.31. The van der Waals surface area contributed by atoms with Gasteiger partial charge in [0, 0.05) is 0 Å². The number of carbonyl (C=O) groups excluding carboxylic acids is 2. The lowest BCUT2D eigenvalue weighted by Crippen LogP contribution is -2.50. The van der Waals surface area contributed by atoms with Crippen molar-refractivity contribution in [2.24, 2.45) is 0 Å². The SMILES string of the molecule is CCCC[C@@H](NC(=O)C(C)(c1ccccc1)c1ccccc1)C(=O)OC. The molecule has 0 spiro atoms. The summed E-state index contributed by atoms with van der Waals surface area (Å²) in [4.78, 5) is 25.5. The van der Waals surface area contributed by atoms with Crippen LogP contribution in [-0.2, 0) is 19.7 Å². The maximum absolute atomic E-state index is 13.3. The molecule has 4 nitrogen and oxygen atoms in total. The number of ether oxygens (including phenoxy) is 1. The van der Waals surface area contributed by atoms with E-state index < -0.39 is 17.4 Å². The Balaban J connectivity index is 2.39. The average molecular weight is 353 g/mol. The molecule has 4 heteroatoms. The largest absolute Gasteiger partial charge is 0.467 e. The fraction of sp³-hybridized carbons (Fsp3) is 0.364. The van der Waals surface area contributed by atoms with Crippen LogP contribution in [-0.4, -0.2) is 25.0 Å². The summed E-state index contributed by atoms with van der Waals surface area (Å²) in [5.41, 5.74) is 0.853. The number of nitrogens with one attached hydrogen (secondary N) is 1. The molecule has 0 heterocycles. The summed E-state index contributed by atoms with van der Waals surface area (Å²) >= 11 is 0. The van der Waals surface area contributed by atoms with E-state index in [0.717, 1.165) is 24.0 Å². The van der Waals surface area contributed by atoms with E-state index >= 15 is 0 Å². The first-order chi connectivity index (χ1) is 12.5. The van der Waals surface area contributed by atoms with Crippen molar-refractivity contribution >= 4 is 11.9 Å². The van der Waals surface area contributed by atoms with Crippen molar-refractivity contribution in [3.05, 3.63) is 71.8 Å². The number of methoxy groups -OCH3 is 1. The van der Waals surface area contributed by atoms with Gasteiger partial charge >= 0.3 is 5.97 Å². The van der Waals surface area contributed by atoms with Gasteiger partial charge in [0.25, 0.3) is 0 Å². The molecule has 0 saturated heterocycles. The van der Waals surface area contributed by atoms with Crippen molar-refractivity contribution in [1.82, 2.24) is 5.32 Å². The van der Waals surface area contributed by atoms with Gasteiger partial charge in [0.05, 0.1) is 12.5 Å². The molecule has 0 unspecified atom stereocenters. The summed E-state index contributed by atoms with van der Waals surface area (Å²) in [5.74, 6) is -0.614. The second kappa shape index (κ2) is 9.18. The molecule has 0 aliphatic heterocycles. The van der Waals surface area contributed by atoms with Gasteiger partial charge in [-0.15, -0.1) is 0 Å². The Hall–Kier alpha value is -2.62. The van der Waals surface area contributed by atoms with Crippen LogP contribution in [0.25, 0.3) is 0 Å². The van der Waals surface area contributed by atoms with Crippen molar-refractivity contribution < 1.29 is 14.3 Å².